The van der Waals surface area contributed by atoms with Crippen molar-refractivity contribution in [2.75, 3.05) is 13.7 Å². The summed E-state index contributed by atoms with van der Waals surface area (Å²) in [6.07, 6.45) is 7.23. The van der Waals surface area contributed by atoms with Gasteiger partial charge in [-0.05, 0) is 45.3 Å². The zero-order valence-corrected chi connectivity index (χ0v) is 19.9. The summed E-state index contributed by atoms with van der Waals surface area (Å²) in [4.78, 5) is 26.3. The van der Waals surface area contributed by atoms with Crippen LogP contribution in [0.4, 0.5) is 0 Å². The van der Waals surface area contributed by atoms with Gasteiger partial charge >= 0.3 is 5.97 Å². The zero-order chi connectivity index (χ0) is 24.0. The van der Waals surface area contributed by atoms with Gasteiger partial charge in [-0.2, -0.15) is 10.4 Å². The van der Waals surface area contributed by atoms with E-state index in [1.54, 1.807) is 13.1 Å². The number of aryl methyl sites for hydroxylation is 2. The average Bonchev–Trinajstić information content (AvgIpc) is 3.09. The van der Waals surface area contributed by atoms with Crippen molar-refractivity contribution in [3.63, 3.8) is 0 Å². The lowest BCUT2D eigenvalue weighted by molar-refractivity contribution is -0.150. The topological polar surface area (TPSA) is 88.2 Å². The van der Waals surface area contributed by atoms with E-state index in [4.69, 9.17) is 4.74 Å². The van der Waals surface area contributed by atoms with Crippen molar-refractivity contribution in [3.8, 4) is 6.07 Å². The van der Waals surface area contributed by atoms with Crippen LogP contribution in [0.1, 0.15) is 60.2 Å². The average molecular weight is 449 g/mol. The summed E-state index contributed by atoms with van der Waals surface area (Å²) in [6, 6.07) is 10.6. The molecule has 1 saturated carbocycles. The highest BCUT2D eigenvalue weighted by Gasteiger charge is 2.38. The Hall–Kier alpha value is -3.40. The van der Waals surface area contributed by atoms with E-state index in [0.717, 1.165) is 41.8 Å². The number of amides is 1. The molecular weight excluding hydrogens is 416 g/mol. The lowest BCUT2D eigenvalue weighted by Gasteiger charge is -2.38. The van der Waals surface area contributed by atoms with Gasteiger partial charge in [0.2, 0.25) is 0 Å². The second-order valence-corrected chi connectivity index (χ2v) is 8.83. The minimum atomic E-state index is -0.794. The summed E-state index contributed by atoms with van der Waals surface area (Å²) in [7, 11) is 1.62. The van der Waals surface area contributed by atoms with Crippen molar-refractivity contribution in [2.24, 2.45) is 0 Å². The van der Waals surface area contributed by atoms with Crippen LogP contribution in [0.15, 0.2) is 30.3 Å². The maximum absolute atomic E-state index is 12.6. The minimum absolute atomic E-state index is 0.363. The number of carbonyl (C=O) groups is 2. The van der Waals surface area contributed by atoms with Crippen molar-refractivity contribution in [1.82, 2.24) is 14.7 Å². The van der Waals surface area contributed by atoms with Crippen LogP contribution in [-0.4, -0.2) is 45.8 Å². The molecule has 2 aromatic rings. The monoisotopic (exact) mass is 448 g/mol. The highest BCUT2D eigenvalue weighted by molar-refractivity contribution is 5.89. The summed E-state index contributed by atoms with van der Waals surface area (Å²) in [5, 5.41) is 14.2. The molecule has 7 heteroatoms. The SMILES string of the molecule is Cc1ccc(Cn2nc(C)c(C=CC(=O)OCC(=O)N(C)C3(C#N)CCCCC3)c2C)cc1. The fourth-order valence-electron chi connectivity index (χ4n) is 4.30. The van der Waals surface area contributed by atoms with Gasteiger partial charge in [0.1, 0.15) is 5.54 Å². The molecule has 0 radical (unpaired) electrons. The first kappa shape index (κ1) is 24.2. The first-order valence-electron chi connectivity index (χ1n) is 11.4. The van der Waals surface area contributed by atoms with Gasteiger partial charge in [-0.1, -0.05) is 49.1 Å². The molecule has 1 aromatic carbocycles. The fourth-order valence-corrected chi connectivity index (χ4v) is 4.30. The van der Waals surface area contributed by atoms with Crippen LogP contribution in [0.3, 0.4) is 0 Å². The Balaban J connectivity index is 1.59. The molecule has 0 N–H and O–H groups in total. The van der Waals surface area contributed by atoms with Gasteiger partial charge in [0.15, 0.2) is 6.61 Å². The highest BCUT2D eigenvalue weighted by Crippen LogP contribution is 2.32. The van der Waals surface area contributed by atoms with Gasteiger partial charge in [0.05, 0.1) is 18.3 Å². The summed E-state index contributed by atoms with van der Waals surface area (Å²) < 4.78 is 7.08. The van der Waals surface area contributed by atoms with Gasteiger partial charge in [-0.3, -0.25) is 9.48 Å². The quantitative estimate of drug-likeness (QED) is 0.470. The molecule has 1 heterocycles. The Kier molecular flexibility index (Phi) is 7.70. The van der Waals surface area contributed by atoms with Crippen molar-refractivity contribution in [1.29, 1.82) is 5.26 Å². The van der Waals surface area contributed by atoms with Gasteiger partial charge in [0, 0.05) is 24.4 Å². The second kappa shape index (κ2) is 10.5. The number of aromatic nitrogens is 2. The molecule has 0 aliphatic heterocycles. The molecule has 0 atom stereocenters. The molecule has 1 amide bonds. The molecule has 33 heavy (non-hydrogen) atoms. The van der Waals surface area contributed by atoms with E-state index in [1.165, 1.54) is 16.5 Å². The Morgan fingerprint density at radius 2 is 1.85 bits per heavy atom. The molecule has 0 spiro atoms. The number of benzene rings is 1. The van der Waals surface area contributed by atoms with Crippen molar-refractivity contribution < 1.29 is 14.3 Å². The van der Waals surface area contributed by atoms with Gasteiger partial charge in [0.25, 0.3) is 5.91 Å². The standard InChI is InChI=1S/C26H32N4O3/c1-19-8-10-22(11-9-19)16-30-21(3)23(20(2)28-30)12-13-25(32)33-17-24(31)29(4)26(18-27)14-6-5-7-15-26/h8-13H,5-7,14-17H2,1-4H3. The number of hydrogen-bond acceptors (Lipinski definition) is 5. The van der Waals surface area contributed by atoms with Crippen LogP contribution in [-0.2, 0) is 20.9 Å². The molecule has 7 nitrogen and oxygen atoms in total. The van der Waals surface area contributed by atoms with Crippen LogP contribution in [0.2, 0.25) is 0 Å². The lowest BCUT2D eigenvalue weighted by atomic mass is 9.81. The largest absolute Gasteiger partial charge is 0.452 e. The van der Waals surface area contributed by atoms with E-state index >= 15 is 0 Å². The summed E-state index contributed by atoms with van der Waals surface area (Å²) in [5.41, 5.74) is 4.18. The Morgan fingerprint density at radius 3 is 2.48 bits per heavy atom. The fraction of sp³-hybridized carbons (Fsp3) is 0.462. The number of nitrogens with zero attached hydrogens (tertiary/aromatic N) is 4. The first-order valence-corrected chi connectivity index (χ1v) is 11.4. The number of hydrogen-bond donors (Lipinski definition) is 0. The molecular formula is C26H32N4O3. The van der Waals surface area contributed by atoms with Crippen LogP contribution < -0.4 is 0 Å². The summed E-state index contributed by atoms with van der Waals surface area (Å²) in [5.74, 6) is -0.963. The number of rotatable bonds is 7. The zero-order valence-electron chi connectivity index (χ0n) is 19.9. The maximum atomic E-state index is 12.6. The van der Waals surface area contributed by atoms with Crippen LogP contribution in [0.25, 0.3) is 6.08 Å². The van der Waals surface area contributed by atoms with Gasteiger partial charge in [-0.15, -0.1) is 0 Å². The third-order valence-corrected chi connectivity index (χ3v) is 6.52. The molecule has 0 bridgehead atoms. The molecule has 174 valence electrons. The third kappa shape index (κ3) is 5.70. The third-order valence-electron chi connectivity index (χ3n) is 6.52. The molecule has 0 unspecified atom stereocenters. The van der Waals surface area contributed by atoms with E-state index in [1.807, 2.05) is 18.5 Å². The predicted molar refractivity (Wildman–Crippen MR) is 126 cm³/mol. The van der Waals surface area contributed by atoms with E-state index in [2.05, 4.69) is 42.4 Å². The molecule has 1 aliphatic carbocycles. The second-order valence-electron chi connectivity index (χ2n) is 8.83. The molecule has 0 saturated heterocycles. The molecule has 1 aliphatic rings. The molecule has 1 fully saturated rings. The van der Waals surface area contributed by atoms with E-state index in [9.17, 15) is 14.9 Å². The van der Waals surface area contributed by atoms with E-state index in [0.29, 0.717) is 19.4 Å². The number of likely N-dealkylation sites (N-methyl/N-ethyl adjacent to an activating group) is 1. The predicted octanol–water partition coefficient (Wildman–Crippen LogP) is 4.10. The number of ether oxygens (including phenoxy) is 1. The van der Waals surface area contributed by atoms with E-state index < -0.39 is 11.5 Å². The summed E-state index contributed by atoms with van der Waals surface area (Å²) >= 11 is 0. The minimum Gasteiger partial charge on any atom is -0.452 e. The number of nitriles is 1. The molecule has 1 aromatic heterocycles. The Bertz CT molecular complexity index is 1070. The normalized spacial score (nSPS) is 15.2. The van der Waals surface area contributed by atoms with Crippen molar-refractivity contribution in [3.05, 3.63) is 58.4 Å². The van der Waals surface area contributed by atoms with Crippen LogP contribution >= 0.6 is 0 Å². The van der Waals surface area contributed by atoms with Crippen molar-refractivity contribution in [2.45, 2.75) is 65.0 Å². The maximum Gasteiger partial charge on any atom is 0.331 e. The first-order chi connectivity index (χ1) is 15.8. The smallest absolute Gasteiger partial charge is 0.331 e. The number of esters is 1. The van der Waals surface area contributed by atoms with Gasteiger partial charge < -0.3 is 9.64 Å². The molecule has 3 rings (SSSR count). The van der Waals surface area contributed by atoms with Crippen LogP contribution in [0, 0.1) is 32.1 Å². The van der Waals surface area contributed by atoms with Crippen molar-refractivity contribution >= 4 is 18.0 Å². The highest BCUT2D eigenvalue weighted by atomic mass is 16.5. The van der Waals surface area contributed by atoms with Crippen LogP contribution in [0.5, 0.6) is 0 Å². The lowest BCUT2D eigenvalue weighted by Crippen LogP contribution is -2.51. The van der Waals surface area contributed by atoms with E-state index in [-0.39, 0.29) is 12.5 Å². The number of carbonyl (C=O) groups excluding carboxylic acids is 2. The Morgan fingerprint density at radius 1 is 1.18 bits per heavy atom. The van der Waals surface area contributed by atoms with Gasteiger partial charge in [-0.25, -0.2) is 4.79 Å². The Labute approximate surface area is 195 Å². The summed E-state index contributed by atoms with van der Waals surface area (Å²) in [6.45, 7) is 6.18.